The van der Waals surface area contributed by atoms with Crippen LogP contribution >= 0.6 is 0 Å². The minimum atomic E-state index is -0.504. The number of carbonyl (C=O) groups is 3. The number of nitrogens with one attached hydrogen (secondary N) is 2. The molecule has 4 amide bonds. The van der Waals surface area contributed by atoms with Crippen molar-refractivity contribution in [1.29, 1.82) is 0 Å². The van der Waals surface area contributed by atoms with Gasteiger partial charge in [-0.05, 0) is 66.7 Å². The van der Waals surface area contributed by atoms with Gasteiger partial charge in [0.2, 0.25) is 5.91 Å². The van der Waals surface area contributed by atoms with E-state index in [4.69, 9.17) is 10.5 Å². The van der Waals surface area contributed by atoms with Crippen LogP contribution in [0.25, 0.3) is 0 Å². The Balaban J connectivity index is 1.40. The predicted molar refractivity (Wildman–Crippen MR) is 117 cm³/mol. The summed E-state index contributed by atoms with van der Waals surface area (Å²) in [5, 5.41) is 5.59. The summed E-state index contributed by atoms with van der Waals surface area (Å²) in [6.07, 6.45) is 0. The molecule has 1 aliphatic heterocycles. The van der Waals surface area contributed by atoms with E-state index in [9.17, 15) is 14.4 Å². The highest BCUT2D eigenvalue weighted by Gasteiger charge is 2.21. The maximum atomic E-state index is 12.6. The summed E-state index contributed by atoms with van der Waals surface area (Å²) in [5.41, 5.74) is 7.40. The van der Waals surface area contributed by atoms with Crippen LogP contribution in [0.3, 0.4) is 0 Å². The monoisotopic (exact) mass is 416 g/mol. The van der Waals surface area contributed by atoms with E-state index in [0.29, 0.717) is 41.4 Å². The molecular weight excluding hydrogens is 396 g/mol. The van der Waals surface area contributed by atoms with Crippen molar-refractivity contribution in [3.05, 3.63) is 83.9 Å². The van der Waals surface area contributed by atoms with Gasteiger partial charge in [0.15, 0.2) is 0 Å². The van der Waals surface area contributed by atoms with Crippen LogP contribution in [0, 0.1) is 0 Å². The van der Waals surface area contributed by atoms with Crippen molar-refractivity contribution in [3.63, 3.8) is 0 Å². The molecule has 0 unspecified atom stereocenters. The van der Waals surface area contributed by atoms with E-state index in [1.165, 1.54) is 0 Å². The molecule has 0 radical (unpaired) electrons. The Morgan fingerprint density at radius 1 is 0.935 bits per heavy atom. The Bertz CT molecular complexity index is 1130. The largest absolute Gasteiger partial charge is 0.457 e. The zero-order valence-electron chi connectivity index (χ0n) is 16.5. The molecule has 0 aromatic heterocycles. The molecule has 3 aromatic rings. The molecule has 1 aliphatic rings. The van der Waals surface area contributed by atoms with Crippen molar-refractivity contribution in [2.75, 3.05) is 23.3 Å². The zero-order chi connectivity index (χ0) is 21.8. The quantitative estimate of drug-likeness (QED) is 0.572. The van der Waals surface area contributed by atoms with Gasteiger partial charge in [0, 0.05) is 35.6 Å². The highest BCUT2D eigenvalue weighted by atomic mass is 16.5. The number of nitrogens with zero attached hydrogens (tertiary/aromatic N) is 1. The molecule has 3 aromatic carbocycles. The average molecular weight is 416 g/mol. The number of ether oxygens (including phenoxy) is 1. The molecular formula is C23H20N4O4. The fourth-order valence-electron chi connectivity index (χ4n) is 3.17. The van der Waals surface area contributed by atoms with E-state index in [2.05, 4.69) is 10.6 Å². The second-order valence-electron chi connectivity index (χ2n) is 6.90. The van der Waals surface area contributed by atoms with E-state index in [1.807, 2.05) is 6.07 Å². The Labute approximate surface area is 178 Å². The lowest BCUT2D eigenvalue weighted by Crippen LogP contribution is -2.27. The van der Waals surface area contributed by atoms with Gasteiger partial charge in [-0.25, -0.2) is 4.79 Å². The fourth-order valence-corrected chi connectivity index (χ4v) is 3.17. The summed E-state index contributed by atoms with van der Waals surface area (Å²) in [4.78, 5) is 37.2. The molecule has 8 heteroatoms. The molecule has 1 saturated heterocycles. The van der Waals surface area contributed by atoms with Gasteiger partial charge < -0.3 is 21.1 Å². The van der Waals surface area contributed by atoms with Crippen LogP contribution in [0.1, 0.15) is 20.7 Å². The first-order chi connectivity index (χ1) is 15.0. The van der Waals surface area contributed by atoms with Crippen LogP contribution < -0.4 is 26.0 Å². The number of hydrogen-bond acceptors (Lipinski definition) is 4. The van der Waals surface area contributed by atoms with Gasteiger partial charge in [-0.1, -0.05) is 6.07 Å². The van der Waals surface area contributed by atoms with Crippen LogP contribution in [-0.4, -0.2) is 30.9 Å². The molecule has 0 spiro atoms. The second kappa shape index (κ2) is 8.58. The smallest absolute Gasteiger partial charge is 0.321 e. The topological polar surface area (TPSA) is 114 Å². The summed E-state index contributed by atoms with van der Waals surface area (Å²) >= 11 is 0. The number of nitrogens with two attached hydrogens (primary N) is 1. The molecule has 156 valence electrons. The van der Waals surface area contributed by atoms with Crippen LogP contribution in [-0.2, 0) is 0 Å². The molecule has 8 nitrogen and oxygen atoms in total. The number of amides is 4. The Morgan fingerprint density at radius 3 is 2.16 bits per heavy atom. The van der Waals surface area contributed by atoms with E-state index in [-0.39, 0.29) is 11.9 Å². The lowest BCUT2D eigenvalue weighted by atomic mass is 10.2. The van der Waals surface area contributed by atoms with Crippen LogP contribution in [0.2, 0.25) is 0 Å². The molecule has 1 heterocycles. The Kier molecular flexibility index (Phi) is 5.53. The lowest BCUT2D eigenvalue weighted by Gasteiger charge is -2.15. The highest BCUT2D eigenvalue weighted by molar-refractivity contribution is 6.05. The number of urea groups is 1. The zero-order valence-corrected chi connectivity index (χ0v) is 16.5. The normalized spacial score (nSPS) is 12.9. The van der Waals surface area contributed by atoms with Crippen LogP contribution in [0.15, 0.2) is 72.8 Å². The third-order valence-corrected chi connectivity index (χ3v) is 4.76. The van der Waals surface area contributed by atoms with Crippen molar-refractivity contribution in [1.82, 2.24) is 5.32 Å². The van der Waals surface area contributed by atoms with E-state index >= 15 is 0 Å². The number of primary amides is 1. The Hall–Kier alpha value is -4.33. The van der Waals surface area contributed by atoms with E-state index < -0.39 is 5.91 Å². The van der Waals surface area contributed by atoms with Crippen LogP contribution in [0.5, 0.6) is 11.5 Å². The van der Waals surface area contributed by atoms with Crippen molar-refractivity contribution >= 4 is 29.2 Å². The Morgan fingerprint density at radius 2 is 1.58 bits per heavy atom. The van der Waals surface area contributed by atoms with Crippen molar-refractivity contribution in [2.45, 2.75) is 0 Å². The predicted octanol–water partition coefficient (Wildman–Crippen LogP) is 3.36. The van der Waals surface area contributed by atoms with Gasteiger partial charge in [0.25, 0.3) is 5.91 Å². The first kappa shape index (κ1) is 20.0. The lowest BCUT2D eigenvalue weighted by molar-refractivity contribution is 0.0997. The number of benzene rings is 3. The molecule has 4 rings (SSSR count). The van der Waals surface area contributed by atoms with Gasteiger partial charge in [-0.2, -0.15) is 0 Å². The number of anilines is 2. The maximum Gasteiger partial charge on any atom is 0.321 e. The number of carbonyl (C=O) groups excluding carboxylic acids is 3. The average Bonchev–Trinajstić information content (AvgIpc) is 3.21. The van der Waals surface area contributed by atoms with E-state index in [0.717, 1.165) is 5.69 Å². The van der Waals surface area contributed by atoms with Crippen LogP contribution in [0.4, 0.5) is 16.2 Å². The summed E-state index contributed by atoms with van der Waals surface area (Å²) in [5.74, 6) is 0.312. The van der Waals surface area contributed by atoms with Crippen molar-refractivity contribution in [3.8, 4) is 11.5 Å². The maximum absolute atomic E-state index is 12.6. The molecule has 0 saturated carbocycles. The number of hydrogen-bond donors (Lipinski definition) is 3. The second-order valence-corrected chi connectivity index (χ2v) is 6.90. The van der Waals surface area contributed by atoms with Gasteiger partial charge in [0.1, 0.15) is 11.5 Å². The molecule has 0 bridgehead atoms. The summed E-state index contributed by atoms with van der Waals surface area (Å²) < 4.78 is 5.72. The molecule has 4 N–H and O–H groups in total. The van der Waals surface area contributed by atoms with Gasteiger partial charge in [-0.15, -0.1) is 0 Å². The van der Waals surface area contributed by atoms with E-state index in [1.54, 1.807) is 71.6 Å². The summed E-state index contributed by atoms with van der Waals surface area (Å²) in [6, 6.07) is 20.1. The molecule has 0 atom stereocenters. The van der Waals surface area contributed by atoms with Gasteiger partial charge >= 0.3 is 6.03 Å². The molecule has 1 fully saturated rings. The SMILES string of the molecule is NC(=O)c1ccc(Oc2ccc(C(=O)Nc3cccc(N4CCNC4=O)c3)cc2)cc1. The third kappa shape index (κ3) is 4.64. The van der Waals surface area contributed by atoms with Crippen molar-refractivity contribution < 1.29 is 19.1 Å². The van der Waals surface area contributed by atoms with Gasteiger partial charge in [0.05, 0.1) is 0 Å². The highest BCUT2D eigenvalue weighted by Crippen LogP contribution is 2.24. The molecule has 0 aliphatic carbocycles. The summed E-state index contributed by atoms with van der Waals surface area (Å²) in [6.45, 7) is 1.18. The minimum absolute atomic E-state index is 0.150. The summed E-state index contributed by atoms with van der Waals surface area (Å²) in [7, 11) is 0. The molecule has 31 heavy (non-hydrogen) atoms. The third-order valence-electron chi connectivity index (χ3n) is 4.76. The van der Waals surface area contributed by atoms with Gasteiger partial charge in [-0.3, -0.25) is 14.5 Å². The first-order valence-corrected chi connectivity index (χ1v) is 9.64. The standard InChI is InChI=1S/C23H20N4O4/c24-21(28)15-4-8-19(9-5-15)31-20-10-6-16(7-11-20)22(29)26-17-2-1-3-18(14-17)27-13-12-25-23(27)30/h1-11,14H,12-13H2,(H2,24,28)(H,25,30)(H,26,29). The number of rotatable bonds is 6. The fraction of sp³-hybridized carbons (Fsp3) is 0.0870. The first-order valence-electron chi connectivity index (χ1n) is 9.64. The minimum Gasteiger partial charge on any atom is -0.457 e. The van der Waals surface area contributed by atoms with Crippen molar-refractivity contribution in [2.24, 2.45) is 5.73 Å².